The molecule has 0 spiro atoms. The lowest BCUT2D eigenvalue weighted by molar-refractivity contribution is -0.00000155. The van der Waals surface area contributed by atoms with Crippen LogP contribution in [0.5, 0.6) is 0 Å². The molecule has 0 unspecified atom stereocenters. The molecular formula is C5H13IS. The van der Waals surface area contributed by atoms with E-state index in [9.17, 15) is 0 Å². The molecule has 0 aromatic heterocycles. The van der Waals surface area contributed by atoms with Crippen molar-refractivity contribution in [2.75, 3.05) is 12.5 Å². The van der Waals surface area contributed by atoms with E-state index in [1.807, 2.05) is 0 Å². The van der Waals surface area contributed by atoms with E-state index in [1.54, 1.807) is 0 Å². The van der Waals surface area contributed by atoms with Crippen LogP contribution in [0, 0.1) is 0 Å². The van der Waals surface area contributed by atoms with E-state index in [4.69, 9.17) is 0 Å². The Labute approximate surface area is 66.4 Å². The Morgan fingerprint density at radius 2 is 1.29 bits per heavy atom. The molecule has 0 saturated heterocycles. The number of hydrogen-bond donors (Lipinski definition) is 0. The second-order valence-corrected chi connectivity index (χ2v) is 4.63. The van der Waals surface area contributed by atoms with Crippen molar-refractivity contribution >= 4 is 10.9 Å². The van der Waals surface area contributed by atoms with E-state index in [-0.39, 0.29) is 24.0 Å². The Balaban J connectivity index is 0. The van der Waals surface area contributed by atoms with Gasteiger partial charge in [0.15, 0.2) is 0 Å². The first-order valence-corrected chi connectivity index (χ1v) is 4.31. The van der Waals surface area contributed by atoms with E-state index in [0.29, 0.717) is 10.9 Å². The van der Waals surface area contributed by atoms with Crippen LogP contribution in [0.25, 0.3) is 0 Å². The van der Waals surface area contributed by atoms with Gasteiger partial charge in [0.1, 0.15) is 5.25 Å². The Bertz CT molecular complexity index is 29.1. The highest BCUT2D eigenvalue weighted by Gasteiger charge is 2.05. The van der Waals surface area contributed by atoms with Crippen LogP contribution in [0.4, 0.5) is 0 Å². The monoisotopic (exact) mass is 232 g/mol. The first-order chi connectivity index (χ1) is 2.64. The second-order valence-electron chi connectivity index (χ2n) is 1.93. The predicted molar refractivity (Wildman–Crippen MR) is 34.3 cm³/mol. The van der Waals surface area contributed by atoms with Gasteiger partial charge in [-0.1, -0.05) is 0 Å². The lowest BCUT2D eigenvalue weighted by Crippen LogP contribution is -3.00. The molecule has 0 aliphatic carbocycles. The third-order valence-electron chi connectivity index (χ3n) is 0.943. The molecule has 0 atom stereocenters. The van der Waals surface area contributed by atoms with E-state index in [1.165, 1.54) is 0 Å². The van der Waals surface area contributed by atoms with Crippen LogP contribution in [0.1, 0.15) is 13.8 Å². The minimum atomic E-state index is 0. The molecule has 46 valence electrons. The summed E-state index contributed by atoms with van der Waals surface area (Å²) in [5.41, 5.74) is 0. The highest BCUT2D eigenvalue weighted by atomic mass is 127. The maximum atomic E-state index is 2.27. The Hall–Kier alpha value is 1.08. The van der Waals surface area contributed by atoms with Gasteiger partial charge in [-0.2, -0.15) is 0 Å². The van der Waals surface area contributed by atoms with Gasteiger partial charge in [0.25, 0.3) is 0 Å². The molecule has 0 nitrogen and oxygen atoms in total. The first kappa shape index (κ1) is 11.0. The molecule has 0 fully saturated rings. The van der Waals surface area contributed by atoms with Gasteiger partial charge in [-0.3, -0.25) is 0 Å². The molecule has 0 N–H and O–H groups in total. The summed E-state index contributed by atoms with van der Waals surface area (Å²) in [5, 5.41) is 0.880. The van der Waals surface area contributed by atoms with Gasteiger partial charge in [0.05, 0.1) is 12.5 Å². The number of halogens is 1. The van der Waals surface area contributed by atoms with Crippen LogP contribution >= 0.6 is 0 Å². The summed E-state index contributed by atoms with van der Waals surface area (Å²) in [6, 6.07) is 0. The highest BCUT2D eigenvalue weighted by molar-refractivity contribution is 7.96. The standard InChI is InChI=1S/C5H13S.HI/c1-5(2)6(3)4;/h5H,1-4H3;1H/q+1;/p-1. The summed E-state index contributed by atoms with van der Waals surface area (Å²) in [5.74, 6) is 0. The van der Waals surface area contributed by atoms with Crippen molar-refractivity contribution in [2.24, 2.45) is 0 Å². The Morgan fingerprint density at radius 1 is 1.14 bits per heavy atom. The molecule has 0 amide bonds. The molecule has 0 aromatic carbocycles. The molecule has 0 aliphatic heterocycles. The van der Waals surface area contributed by atoms with Crippen LogP contribution < -0.4 is 24.0 Å². The second kappa shape index (κ2) is 5.22. The average Bonchev–Trinajstić information content (AvgIpc) is 1.36. The van der Waals surface area contributed by atoms with Gasteiger partial charge in [-0.15, -0.1) is 0 Å². The predicted octanol–water partition coefficient (Wildman–Crippen LogP) is -1.72. The molecule has 0 heterocycles. The number of hydrogen-bond acceptors (Lipinski definition) is 0. The maximum absolute atomic E-state index is 2.27. The topological polar surface area (TPSA) is 0 Å². The lowest BCUT2D eigenvalue weighted by atomic mass is 10.6. The Morgan fingerprint density at radius 3 is 1.29 bits per heavy atom. The fourth-order valence-electron chi connectivity index (χ4n) is 0. The SMILES string of the molecule is CC(C)[S+](C)C.[I-]. The van der Waals surface area contributed by atoms with Gasteiger partial charge >= 0.3 is 0 Å². The summed E-state index contributed by atoms with van der Waals surface area (Å²) >= 11 is 0. The molecule has 7 heavy (non-hydrogen) atoms. The smallest absolute Gasteiger partial charge is 0.112 e. The van der Waals surface area contributed by atoms with Gasteiger partial charge in [0.2, 0.25) is 0 Å². The summed E-state index contributed by atoms with van der Waals surface area (Å²) in [7, 11) is 0.633. The average molecular weight is 232 g/mol. The van der Waals surface area contributed by atoms with E-state index in [2.05, 4.69) is 26.4 Å². The van der Waals surface area contributed by atoms with Crippen LogP contribution in [-0.2, 0) is 10.9 Å². The summed E-state index contributed by atoms with van der Waals surface area (Å²) < 4.78 is 0. The third kappa shape index (κ3) is 7.08. The molecular weight excluding hydrogens is 219 g/mol. The van der Waals surface area contributed by atoms with Crippen molar-refractivity contribution in [1.82, 2.24) is 0 Å². The Kier molecular flexibility index (Phi) is 8.17. The van der Waals surface area contributed by atoms with Gasteiger partial charge in [0, 0.05) is 0 Å². The van der Waals surface area contributed by atoms with Gasteiger partial charge in [-0.05, 0) is 24.7 Å². The van der Waals surface area contributed by atoms with Crippen molar-refractivity contribution < 1.29 is 24.0 Å². The zero-order valence-corrected chi connectivity index (χ0v) is 8.34. The maximum Gasteiger partial charge on any atom is 0.112 e. The van der Waals surface area contributed by atoms with Crippen LogP contribution in [0.15, 0.2) is 0 Å². The van der Waals surface area contributed by atoms with Crippen molar-refractivity contribution in [2.45, 2.75) is 19.1 Å². The van der Waals surface area contributed by atoms with Crippen LogP contribution in [0.3, 0.4) is 0 Å². The normalized spacial score (nSPS) is 9.43. The lowest BCUT2D eigenvalue weighted by Gasteiger charge is -1.95. The molecule has 0 saturated carbocycles. The molecule has 2 heteroatoms. The highest BCUT2D eigenvalue weighted by Crippen LogP contribution is 1.93. The third-order valence-corrected chi connectivity index (χ3v) is 2.83. The molecule has 0 rings (SSSR count). The van der Waals surface area contributed by atoms with Crippen molar-refractivity contribution in [3.63, 3.8) is 0 Å². The molecule has 0 aliphatic rings. The minimum Gasteiger partial charge on any atom is -1.00 e. The fraction of sp³-hybridized carbons (Fsp3) is 1.00. The summed E-state index contributed by atoms with van der Waals surface area (Å²) in [6.07, 6.45) is 4.54. The van der Waals surface area contributed by atoms with Gasteiger partial charge in [-0.25, -0.2) is 0 Å². The van der Waals surface area contributed by atoms with E-state index in [0.717, 1.165) is 5.25 Å². The molecule has 0 radical (unpaired) electrons. The molecule has 0 bridgehead atoms. The van der Waals surface area contributed by atoms with E-state index >= 15 is 0 Å². The molecule has 0 aromatic rings. The van der Waals surface area contributed by atoms with Gasteiger partial charge < -0.3 is 24.0 Å². The zero-order chi connectivity index (χ0) is 5.15. The number of rotatable bonds is 1. The van der Waals surface area contributed by atoms with Crippen molar-refractivity contribution in [3.05, 3.63) is 0 Å². The largest absolute Gasteiger partial charge is 1.00 e. The van der Waals surface area contributed by atoms with Crippen molar-refractivity contribution in [3.8, 4) is 0 Å². The fourth-order valence-corrected chi connectivity index (χ4v) is 0. The summed E-state index contributed by atoms with van der Waals surface area (Å²) in [6.45, 7) is 4.51. The quantitative estimate of drug-likeness (QED) is 0.372. The first-order valence-electron chi connectivity index (χ1n) is 2.21. The van der Waals surface area contributed by atoms with Crippen molar-refractivity contribution in [1.29, 1.82) is 0 Å². The minimum absolute atomic E-state index is 0. The van der Waals surface area contributed by atoms with E-state index < -0.39 is 0 Å². The summed E-state index contributed by atoms with van der Waals surface area (Å²) in [4.78, 5) is 0. The van der Waals surface area contributed by atoms with Crippen LogP contribution in [0.2, 0.25) is 0 Å². The zero-order valence-electron chi connectivity index (χ0n) is 5.36. The van der Waals surface area contributed by atoms with Crippen LogP contribution in [-0.4, -0.2) is 17.8 Å².